The Labute approximate surface area is 222 Å². The van der Waals surface area contributed by atoms with E-state index in [4.69, 9.17) is 10.5 Å². The third kappa shape index (κ3) is 9.97. The van der Waals surface area contributed by atoms with Crippen molar-refractivity contribution < 1.29 is 35.9 Å². The molecule has 7 nitrogen and oxygen atoms in total. The first kappa shape index (κ1) is 31.7. The second-order valence-electron chi connectivity index (χ2n) is 10.0. The Bertz CT molecular complexity index is 1110. The molecule has 0 spiro atoms. The van der Waals surface area contributed by atoms with Gasteiger partial charge in [0.2, 0.25) is 0 Å². The molecule has 0 unspecified atom stereocenters. The summed E-state index contributed by atoms with van der Waals surface area (Å²) in [5, 5.41) is 0. The van der Waals surface area contributed by atoms with Crippen LogP contribution < -0.4 is 5.73 Å². The largest absolute Gasteiger partial charge is 0.460 e. The van der Waals surface area contributed by atoms with Gasteiger partial charge in [0.25, 0.3) is 0 Å². The molecule has 38 heavy (non-hydrogen) atoms. The highest BCUT2D eigenvalue weighted by Crippen LogP contribution is 2.40. The first-order valence-electron chi connectivity index (χ1n) is 11.9. The second-order valence-corrected chi connectivity index (χ2v) is 10.0. The summed E-state index contributed by atoms with van der Waals surface area (Å²) in [7, 11) is 0. The number of esters is 1. The van der Waals surface area contributed by atoms with Crippen molar-refractivity contribution in [1.82, 2.24) is 19.9 Å². The van der Waals surface area contributed by atoms with Gasteiger partial charge in [0, 0.05) is 30.5 Å². The van der Waals surface area contributed by atoms with E-state index in [0.717, 1.165) is 37.8 Å². The number of ether oxygens (including phenoxy) is 1. The molecule has 2 aromatic rings. The fourth-order valence-electron chi connectivity index (χ4n) is 3.23. The summed E-state index contributed by atoms with van der Waals surface area (Å²) in [6, 6.07) is 1.82. The van der Waals surface area contributed by atoms with E-state index in [-0.39, 0.29) is 66.7 Å². The number of nitrogens with two attached hydrogens (primary N) is 1. The molecule has 0 bridgehead atoms. The highest BCUT2D eigenvalue weighted by atomic mass is 35.5. The molecular formula is C24H30ClF6N5O2. The Kier molecular flexibility index (Phi) is 10.1. The molecule has 0 atom stereocenters. The summed E-state index contributed by atoms with van der Waals surface area (Å²) < 4.78 is 81.1. The number of aryl methyl sites for hydroxylation is 1. The van der Waals surface area contributed by atoms with Gasteiger partial charge in [0.1, 0.15) is 28.6 Å². The highest BCUT2D eigenvalue weighted by molar-refractivity contribution is 5.85. The number of carbonyl (C=O) groups excluding carboxylic acids is 1. The number of nitrogens with zero attached hydrogens (tertiary/aromatic N) is 4. The Balaban J connectivity index is 0.000000277. The van der Waals surface area contributed by atoms with Crippen molar-refractivity contribution in [2.45, 2.75) is 95.6 Å². The summed E-state index contributed by atoms with van der Waals surface area (Å²) >= 11 is 0. The Hall–Kier alpha value is -2.54. The van der Waals surface area contributed by atoms with E-state index in [1.807, 2.05) is 0 Å². The van der Waals surface area contributed by atoms with Crippen LogP contribution in [0.5, 0.6) is 0 Å². The monoisotopic (exact) mass is 569 g/mol. The number of hydrogen-bond acceptors (Lipinski definition) is 7. The number of aromatic nitrogens is 4. The zero-order valence-electron chi connectivity index (χ0n) is 21.1. The van der Waals surface area contributed by atoms with Crippen LogP contribution in [-0.4, -0.2) is 31.5 Å². The second kappa shape index (κ2) is 12.1. The average molecular weight is 570 g/mol. The van der Waals surface area contributed by atoms with Gasteiger partial charge in [-0.15, -0.1) is 12.4 Å². The van der Waals surface area contributed by atoms with E-state index in [9.17, 15) is 31.1 Å². The maximum Gasteiger partial charge on any atom is 0.433 e. The Morgan fingerprint density at radius 2 is 1.26 bits per heavy atom. The lowest BCUT2D eigenvalue weighted by atomic mass is 10.1. The predicted octanol–water partition coefficient (Wildman–Crippen LogP) is 5.90. The molecule has 2 aliphatic carbocycles. The molecule has 14 heteroatoms. The molecule has 2 N–H and O–H groups in total. The average Bonchev–Trinajstić information content (AvgIpc) is 3.68. The van der Waals surface area contributed by atoms with E-state index in [1.54, 1.807) is 20.8 Å². The number of hydrogen-bond donors (Lipinski definition) is 1. The van der Waals surface area contributed by atoms with Crippen molar-refractivity contribution in [2.75, 3.05) is 0 Å². The van der Waals surface area contributed by atoms with Gasteiger partial charge in [-0.3, -0.25) is 4.79 Å². The Morgan fingerprint density at radius 1 is 0.842 bits per heavy atom. The van der Waals surface area contributed by atoms with Gasteiger partial charge < -0.3 is 10.5 Å². The molecule has 0 radical (unpaired) electrons. The van der Waals surface area contributed by atoms with Crippen molar-refractivity contribution in [1.29, 1.82) is 0 Å². The van der Waals surface area contributed by atoms with Crippen LogP contribution in [0.3, 0.4) is 0 Å². The number of rotatable bonds is 6. The number of alkyl halides is 6. The summed E-state index contributed by atoms with van der Waals surface area (Å²) in [5.74, 6) is 0.173. The Morgan fingerprint density at radius 3 is 1.63 bits per heavy atom. The molecule has 4 rings (SSSR count). The zero-order chi connectivity index (χ0) is 27.6. The lowest BCUT2D eigenvalue weighted by Crippen LogP contribution is -2.24. The van der Waals surface area contributed by atoms with E-state index in [0.29, 0.717) is 0 Å². The fraction of sp³-hybridized carbons (Fsp3) is 0.625. The van der Waals surface area contributed by atoms with E-state index >= 15 is 0 Å². The minimum Gasteiger partial charge on any atom is -0.460 e. The smallest absolute Gasteiger partial charge is 0.433 e. The molecule has 2 aromatic heterocycles. The third-order valence-electron chi connectivity index (χ3n) is 5.27. The maximum atomic E-state index is 12.9. The predicted molar refractivity (Wildman–Crippen MR) is 127 cm³/mol. The van der Waals surface area contributed by atoms with Crippen LogP contribution in [0.1, 0.15) is 99.1 Å². The van der Waals surface area contributed by atoms with E-state index in [2.05, 4.69) is 19.9 Å². The molecule has 0 saturated heterocycles. The lowest BCUT2D eigenvalue weighted by Gasteiger charge is -2.19. The van der Waals surface area contributed by atoms with Crippen molar-refractivity contribution in [3.8, 4) is 0 Å². The molecule has 0 aromatic carbocycles. The molecule has 2 fully saturated rings. The standard InChI is InChI=1S/C15H19F3N2O2.C9H10F3N3.ClH/c1-14(2,3)22-12(21)7-6-10-8-11(15(16,17)18)20-13(19-10)9-4-5-9;10-9(11,12)7-3-6(4-13)14-8(15-7)5-1-2-5;/h8-9H,4-7H2,1-3H3;3,5H,1-2,4,13H2;1H. The number of carbonyl (C=O) groups is 1. The number of halogens is 7. The van der Waals surface area contributed by atoms with Crippen LogP contribution in [0.4, 0.5) is 26.3 Å². The van der Waals surface area contributed by atoms with Gasteiger partial charge >= 0.3 is 18.3 Å². The SMILES string of the molecule is CC(C)(C)OC(=O)CCc1cc(C(F)(F)F)nc(C2CC2)n1.Cl.NCc1cc(C(F)(F)F)nc(C2CC2)n1. The van der Waals surface area contributed by atoms with Gasteiger partial charge in [-0.2, -0.15) is 26.3 Å². The van der Waals surface area contributed by atoms with Crippen LogP contribution in [0.2, 0.25) is 0 Å². The molecule has 212 valence electrons. The zero-order valence-corrected chi connectivity index (χ0v) is 21.9. The van der Waals surface area contributed by atoms with Gasteiger partial charge in [-0.05, 0) is 58.6 Å². The summed E-state index contributed by atoms with van der Waals surface area (Å²) in [6.45, 7) is 5.22. The molecule has 2 aliphatic rings. The maximum absolute atomic E-state index is 12.9. The minimum atomic E-state index is -4.51. The van der Waals surface area contributed by atoms with Gasteiger partial charge in [-0.1, -0.05) is 0 Å². The van der Waals surface area contributed by atoms with Crippen LogP contribution in [0.15, 0.2) is 12.1 Å². The van der Waals surface area contributed by atoms with Gasteiger partial charge in [0.05, 0.1) is 12.1 Å². The molecule has 0 amide bonds. The summed E-state index contributed by atoms with van der Waals surface area (Å²) in [5.41, 5.74) is 3.33. The topological polar surface area (TPSA) is 104 Å². The van der Waals surface area contributed by atoms with Crippen LogP contribution >= 0.6 is 12.4 Å². The van der Waals surface area contributed by atoms with Crippen LogP contribution in [-0.2, 0) is 34.8 Å². The van der Waals surface area contributed by atoms with Crippen molar-refractivity contribution in [3.63, 3.8) is 0 Å². The van der Waals surface area contributed by atoms with Crippen molar-refractivity contribution in [2.24, 2.45) is 5.73 Å². The van der Waals surface area contributed by atoms with Crippen LogP contribution in [0, 0.1) is 0 Å². The first-order chi connectivity index (χ1) is 17.0. The summed E-state index contributed by atoms with van der Waals surface area (Å²) in [6.07, 6.45) is -5.46. The normalized spacial score (nSPS) is 15.7. The quantitative estimate of drug-likeness (QED) is 0.341. The van der Waals surface area contributed by atoms with E-state index in [1.165, 1.54) is 0 Å². The molecule has 0 aliphatic heterocycles. The third-order valence-corrected chi connectivity index (χ3v) is 5.27. The molecule has 2 heterocycles. The molecular weight excluding hydrogens is 540 g/mol. The fourth-order valence-corrected chi connectivity index (χ4v) is 3.23. The van der Waals surface area contributed by atoms with Crippen molar-refractivity contribution >= 4 is 18.4 Å². The van der Waals surface area contributed by atoms with Crippen LogP contribution in [0.25, 0.3) is 0 Å². The first-order valence-corrected chi connectivity index (χ1v) is 11.9. The van der Waals surface area contributed by atoms with Gasteiger partial charge in [0.15, 0.2) is 0 Å². The summed E-state index contributed by atoms with van der Waals surface area (Å²) in [4.78, 5) is 26.9. The molecule has 2 saturated carbocycles. The lowest BCUT2D eigenvalue weighted by molar-refractivity contribution is -0.154. The van der Waals surface area contributed by atoms with E-state index < -0.39 is 35.3 Å². The van der Waals surface area contributed by atoms with Gasteiger partial charge in [-0.25, -0.2) is 19.9 Å². The minimum absolute atomic E-state index is 0. The highest BCUT2D eigenvalue weighted by Gasteiger charge is 2.37. The van der Waals surface area contributed by atoms with Crippen molar-refractivity contribution in [3.05, 3.63) is 46.6 Å².